The van der Waals surface area contributed by atoms with E-state index in [1.54, 1.807) is 0 Å². The van der Waals surface area contributed by atoms with Crippen molar-refractivity contribution in [3.8, 4) is 45.2 Å². The van der Waals surface area contributed by atoms with Gasteiger partial charge >= 0.3 is 0 Å². The third-order valence-electron chi connectivity index (χ3n) is 6.49. The minimum Gasteiger partial charge on any atom is -0.416 e. The first kappa shape index (κ1) is 20.8. The summed E-state index contributed by atoms with van der Waals surface area (Å²) in [7, 11) is 0. The Morgan fingerprint density at radius 3 is 1.92 bits per heavy atom. The van der Waals surface area contributed by atoms with Crippen molar-refractivity contribution in [1.82, 2.24) is 10.2 Å². The van der Waals surface area contributed by atoms with Crippen molar-refractivity contribution in [1.29, 1.82) is 0 Å². The molecule has 0 saturated carbocycles. The molecule has 7 rings (SSSR count). The van der Waals surface area contributed by atoms with Crippen LogP contribution in [-0.2, 0) is 0 Å². The van der Waals surface area contributed by atoms with Gasteiger partial charge in [0.1, 0.15) is 0 Å². The largest absolute Gasteiger partial charge is 0.416 e. The fourth-order valence-corrected chi connectivity index (χ4v) is 5.92. The van der Waals surface area contributed by atoms with Gasteiger partial charge in [0.15, 0.2) is 0 Å². The first-order valence-electron chi connectivity index (χ1n) is 11.8. The number of nitrogens with zero attached hydrogens (tertiary/aromatic N) is 2. The standard InChI is InChI=1S/C32H20N2OS/c1-2-8-22(9-3-1)31-33-34-32(35-31)23-18-16-21(17-19-23)24-10-6-11-25(20-24)26-13-7-14-28-27-12-4-5-15-29(27)36-30(26)28/h1-20H. The highest BCUT2D eigenvalue weighted by Crippen LogP contribution is 2.40. The van der Waals surface area contributed by atoms with Gasteiger partial charge in [0.2, 0.25) is 11.8 Å². The zero-order valence-electron chi connectivity index (χ0n) is 19.3. The molecule has 0 amide bonds. The normalized spacial score (nSPS) is 11.3. The van der Waals surface area contributed by atoms with Crippen LogP contribution in [-0.4, -0.2) is 10.2 Å². The van der Waals surface area contributed by atoms with Gasteiger partial charge in [-0.3, -0.25) is 0 Å². The molecule has 0 N–H and O–H groups in total. The molecule has 0 spiro atoms. The second-order valence-electron chi connectivity index (χ2n) is 8.72. The van der Waals surface area contributed by atoms with E-state index in [0.717, 1.165) is 16.7 Å². The number of hydrogen-bond acceptors (Lipinski definition) is 4. The molecule has 0 radical (unpaired) electrons. The molecule has 2 heterocycles. The van der Waals surface area contributed by atoms with E-state index in [1.165, 1.54) is 36.9 Å². The summed E-state index contributed by atoms with van der Waals surface area (Å²) in [6, 6.07) is 42.1. The van der Waals surface area contributed by atoms with Gasteiger partial charge in [-0.2, -0.15) is 0 Å². The second-order valence-corrected chi connectivity index (χ2v) is 9.77. The van der Waals surface area contributed by atoms with Crippen molar-refractivity contribution in [3.05, 3.63) is 121 Å². The van der Waals surface area contributed by atoms with E-state index in [2.05, 4.69) is 89.1 Å². The molecule has 7 aromatic rings. The summed E-state index contributed by atoms with van der Waals surface area (Å²) in [5, 5.41) is 11.1. The summed E-state index contributed by atoms with van der Waals surface area (Å²) in [4.78, 5) is 0. The molecule has 0 atom stereocenters. The molecule has 0 aliphatic heterocycles. The van der Waals surface area contributed by atoms with Crippen LogP contribution in [0.25, 0.3) is 65.3 Å². The van der Waals surface area contributed by atoms with Gasteiger partial charge in [0.25, 0.3) is 0 Å². The van der Waals surface area contributed by atoms with Crippen LogP contribution in [0, 0.1) is 0 Å². The van der Waals surface area contributed by atoms with E-state index in [1.807, 2.05) is 53.8 Å². The summed E-state index contributed by atoms with van der Waals surface area (Å²) in [6.45, 7) is 0. The zero-order valence-corrected chi connectivity index (χ0v) is 20.1. The highest BCUT2D eigenvalue weighted by molar-refractivity contribution is 7.26. The fourth-order valence-electron chi connectivity index (χ4n) is 4.68. The third-order valence-corrected chi connectivity index (χ3v) is 7.71. The number of aromatic nitrogens is 2. The van der Waals surface area contributed by atoms with E-state index >= 15 is 0 Å². The van der Waals surface area contributed by atoms with Crippen LogP contribution < -0.4 is 0 Å². The maximum atomic E-state index is 5.92. The molecule has 0 fully saturated rings. The number of hydrogen-bond donors (Lipinski definition) is 0. The Kier molecular flexibility index (Phi) is 4.97. The summed E-state index contributed by atoms with van der Waals surface area (Å²) in [6.07, 6.45) is 0. The molecule has 0 unspecified atom stereocenters. The van der Waals surface area contributed by atoms with Crippen LogP contribution in [0.4, 0.5) is 0 Å². The maximum Gasteiger partial charge on any atom is 0.248 e. The number of fused-ring (bicyclic) bond motifs is 3. The van der Waals surface area contributed by atoms with Crippen molar-refractivity contribution < 1.29 is 4.42 Å². The molecular formula is C32H20N2OS. The Labute approximate surface area is 212 Å². The second kappa shape index (κ2) is 8.59. The first-order chi connectivity index (χ1) is 17.8. The van der Waals surface area contributed by atoms with Crippen LogP contribution in [0.1, 0.15) is 0 Å². The summed E-state index contributed by atoms with van der Waals surface area (Å²) in [5.74, 6) is 1.04. The Hall–Kier alpha value is -4.54. The minimum atomic E-state index is 0.519. The lowest BCUT2D eigenvalue weighted by Crippen LogP contribution is -1.83. The van der Waals surface area contributed by atoms with Crippen LogP contribution in [0.2, 0.25) is 0 Å². The van der Waals surface area contributed by atoms with Crippen LogP contribution in [0.5, 0.6) is 0 Å². The molecule has 0 bridgehead atoms. The zero-order chi connectivity index (χ0) is 23.9. The van der Waals surface area contributed by atoms with E-state index in [-0.39, 0.29) is 0 Å². The van der Waals surface area contributed by atoms with Crippen molar-refractivity contribution >= 4 is 31.5 Å². The lowest BCUT2D eigenvalue weighted by atomic mass is 9.97. The van der Waals surface area contributed by atoms with Gasteiger partial charge in [0, 0.05) is 31.3 Å². The van der Waals surface area contributed by atoms with Crippen LogP contribution in [0.15, 0.2) is 126 Å². The fraction of sp³-hybridized carbons (Fsp3) is 0. The Morgan fingerprint density at radius 2 is 1.08 bits per heavy atom. The predicted molar refractivity (Wildman–Crippen MR) is 149 cm³/mol. The smallest absolute Gasteiger partial charge is 0.248 e. The molecule has 5 aromatic carbocycles. The number of thiophene rings is 1. The molecular weight excluding hydrogens is 460 g/mol. The Balaban J connectivity index is 1.22. The topological polar surface area (TPSA) is 38.9 Å². The molecule has 3 nitrogen and oxygen atoms in total. The Bertz CT molecular complexity index is 1830. The van der Waals surface area contributed by atoms with E-state index in [4.69, 9.17) is 4.42 Å². The van der Waals surface area contributed by atoms with Gasteiger partial charge < -0.3 is 4.42 Å². The summed E-state index contributed by atoms with van der Waals surface area (Å²) >= 11 is 1.86. The van der Waals surface area contributed by atoms with E-state index in [9.17, 15) is 0 Å². The first-order valence-corrected chi connectivity index (χ1v) is 12.7. The van der Waals surface area contributed by atoms with Gasteiger partial charge in [0.05, 0.1) is 0 Å². The van der Waals surface area contributed by atoms with Crippen molar-refractivity contribution in [3.63, 3.8) is 0 Å². The number of benzene rings is 5. The van der Waals surface area contributed by atoms with Crippen LogP contribution >= 0.6 is 11.3 Å². The highest BCUT2D eigenvalue weighted by Gasteiger charge is 2.12. The van der Waals surface area contributed by atoms with Gasteiger partial charge in [-0.25, -0.2) is 0 Å². The lowest BCUT2D eigenvalue weighted by Gasteiger charge is -2.08. The van der Waals surface area contributed by atoms with E-state index in [0.29, 0.717) is 11.8 Å². The molecule has 2 aromatic heterocycles. The quantitative estimate of drug-likeness (QED) is 0.252. The maximum absolute atomic E-state index is 5.92. The van der Waals surface area contributed by atoms with E-state index < -0.39 is 0 Å². The van der Waals surface area contributed by atoms with Crippen molar-refractivity contribution in [2.75, 3.05) is 0 Å². The summed E-state index contributed by atoms with van der Waals surface area (Å²) < 4.78 is 8.58. The van der Waals surface area contributed by atoms with Crippen LogP contribution in [0.3, 0.4) is 0 Å². The Morgan fingerprint density at radius 1 is 0.472 bits per heavy atom. The highest BCUT2D eigenvalue weighted by atomic mass is 32.1. The molecule has 0 saturated heterocycles. The molecule has 0 aliphatic carbocycles. The van der Waals surface area contributed by atoms with Crippen molar-refractivity contribution in [2.45, 2.75) is 0 Å². The average Bonchev–Trinajstić information content (AvgIpc) is 3.59. The summed E-state index contributed by atoms with van der Waals surface area (Å²) in [5.41, 5.74) is 6.63. The molecule has 36 heavy (non-hydrogen) atoms. The lowest BCUT2D eigenvalue weighted by molar-refractivity contribution is 0.584. The molecule has 170 valence electrons. The monoisotopic (exact) mass is 480 g/mol. The minimum absolute atomic E-state index is 0.519. The molecule has 0 aliphatic rings. The van der Waals surface area contributed by atoms with Gasteiger partial charge in [-0.05, 0) is 58.7 Å². The van der Waals surface area contributed by atoms with Gasteiger partial charge in [-0.1, -0.05) is 84.9 Å². The third kappa shape index (κ3) is 3.60. The molecule has 4 heteroatoms. The number of rotatable bonds is 4. The predicted octanol–water partition coefficient (Wildman–Crippen LogP) is 9.11. The average molecular weight is 481 g/mol. The van der Waals surface area contributed by atoms with Crippen molar-refractivity contribution in [2.24, 2.45) is 0 Å². The SMILES string of the molecule is c1ccc(-c2nnc(-c3ccc(-c4cccc(-c5cccc6c5sc5ccccc56)c4)cc3)o2)cc1. The van der Waals surface area contributed by atoms with Gasteiger partial charge in [-0.15, -0.1) is 21.5 Å².